The number of hydrogen-bond donors (Lipinski definition) is 0. The van der Waals surface area contributed by atoms with Gasteiger partial charge in [0, 0.05) is 19.5 Å². The predicted molar refractivity (Wildman–Crippen MR) is 31.4 cm³/mol. The second kappa shape index (κ2) is 3.02. The van der Waals surface area contributed by atoms with Crippen LogP contribution < -0.4 is 9.47 Å². The Balaban J connectivity index is 0.000000500. The second-order valence-corrected chi connectivity index (χ2v) is 1.78. The maximum atomic E-state index is 5.06. The molecule has 0 aromatic heterocycles. The molecule has 0 N–H and O–H groups in total. The van der Waals surface area contributed by atoms with Crippen LogP contribution in [0, 0.1) is 6.07 Å². The SMILES string of the molecule is [Zn].[c-]1ccc2c(c1)OCO2. The van der Waals surface area contributed by atoms with Crippen LogP contribution in [0.4, 0.5) is 0 Å². The minimum absolute atomic E-state index is 0. The first-order chi connectivity index (χ1) is 4.47. The molecule has 0 atom stereocenters. The zero-order valence-corrected chi connectivity index (χ0v) is 8.43. The van der Waals surface area contributed by atoms with Gasteiger partial charge in [-0.3, -0.25) is 0 Å². The van der Waals surface area contributed by atoms with Crippen molar-refractivity contribution in [2.45, 2.75) is 0 Å². The van der Waals surface area contributed by atoms with E-state index in [1.807, 2.05) is 6.07 Å². The van der Waals surface area contributed by atoms with E-state index in [2.05, 4.69) is 6.07 Å². The second-order valence-electron chi connectivity index (χ2n) is 1.78. The quantitative estimate of drug-likeness (QED) is 0.448. The molecule has 0 saturated heterocycles. The Kier molecular flexibility index (Phi) is 2.28. The van der Waals surface area contributed by atoms with Gasteiger partial charge in [0.05, 0.1) is 11.5 Å². The van der Waals surface area contributed by atoms with E-state index >= 15 is 0 Å². The van der Waals surface area contributed by atoms with Crippen molar-refractivity contribution in [1.82, 2.24) is 0 Å². The van der Waals surface area contributed by atoms with Gasteiger partial charge in [0.1, 0.15) is 0 Å². The fourth-order valence-corrected chi connectivity index (χ4v) is 0.789. The van der Waals surface area contributed by atoms with Crippen molar-refractivity contribution in [3.63, 3.8) is 0 Å². The van der Waals surface area contributed by atoms with Crippen molar-refractivity contribution in [2.75, 3.05) is 6.79 Å². The van der Waals surface area contributed by atoms with Crippen molar-refractivity contribution in [3.05, 3.63) is 24.3 Å². The van der Waals surface area contributed by atoms with Gasteiger partial charge in [0.2, 0.25) is 6.79 Å². The first kappa shape index (κ1) is 7.55. The summed E-state index contributed by atoms with van der Waals surface area (Å²) in [4.78, 5) is 0. The summed E-state index contributed by atoms with van der Waals surface area (Å²) >= 11 is 0. The molecule has 0 radical (unpaired) electrons. The largest absolute Gasteiger partial charge is 0.516 e. The summed E-state index contributed by atoms with van der Waals surface area (Å²) in [5, 5.41) is 0. The van der Waals surface area contributed by atoms with E-state index < -0.39 is 0 Å². The van der Waals surface area contributed by atoms with Gasteiger partial charge in [-0.15, -0.1) is 12.1 Å². The van der Waals surface area contributed by atoms with E-state index in [4.69, 9.17) is 9.47 Å². The first-order valence-corrected chi connectivity index (χ1v) is 2.72. The van der Waals surface area contributed by atoms with Crippen LogP contribution >= 0.6 is 0 Å². The molecule has 0 bridgehead atoms. The van der Waals surface area contributed by atoms with E-state index in [1.165, 1.54) is 0 Å². The summed E-state index contributed by atoms with van der Waals surface area (Å²) in [5.74, 6) is 1.60. The third kappa shape index (κ3) is 1.14. The van der Waals surface area contributed by atoms with E-state index in [9.17, 15) is 0 Å². The summed E-state index contributed by atoms with van der Waals surface area (Å²) in [6.07, 6.45) is 0. The monoisotopic (exact) mass is 185 g/mol. The maximum Gasteiger partial charge on any atom is 0.215 e. The zero-order chi connectivity index (χ0) is 6.10. The van der Waals surface area contributed by atoms with Gasteiger partial charge in [-0.2, -0.15) is 12.1 Å². The first-order valence-electron chi connectivity index (χ1n) is 2.72. The van der Waals surface area contributed by atoms with Gasteiger partial charge in [-0.1, -0.05) is 0 Å². The molecule has 0 spiro atoms. The normalized spacial score (nSPS) is 12.4. The predicted octanol–water partition coefficient (Wildman–Crippen LogP) is 1.21. The van der Waals surface area contributed by atoms with Gasteiger partial charge in [-0.05, 0) is 0 Å². The van der Waals surface area contributed by atoms with E-state index in [0.717, 1.165) is 11.5 Å². The Labute approximate surface area is 71.9 Å². The van der Waals surface area contributed by atoms with Crippen LogP contribution in [0.5, 0.6) is 11.5 Å². The van der Waals surface area contributed by atoms with Gasteiger partial charge >= 0.3 is 0 Å². The third-order valence-electron chi connectivity index (χ3n) is 1.22. The minimum atomic E-state index is 0. The Morgan fingerprint density at radius 1 is 1.30 bits per heavy atom. The van der Waals surface area contributed by atoms with Crippen LogP contribution in [0.3, 0.4) is 0 Å². The average Bonchev–Trinajstić information content (AvgIpc) is 2.33. The summed E-state index contributed by atoms with van der Waals surface area (Å²) in [6.45, 7) is 0.340. The van der Waals surface area contributed by atoms with Crippen LogP contribution in [-0.2, 0) is 19.5 Å². The van der Waals surface area contributed by atoms with E-state index in [0.29, 0.717) is 6.79 Å². The minimum Gasteiger partial charge on any atom is -0.516 e. The number of ether oxygens (including phenoxy) is 2. The molecule has 1 aliphatic heterocycles. The summed E-state index contributed by atoms with van der Waals surface area (Å²) in [5.41, 5.74) is 0. The molecular weight excluding hydrogens is 181 g/mol. The molecule has 1 heterocycles. The molecule has 1 aromatic carbocycles. The molecule has 48 valence electrons. The van der Waals surface area contributed by atoms with E-state index in [-0.39, 0.29) is 19.5 Å². The molecule has 1 aliphatic rings. The van der Waals surface area contributed by atoms with Crippen molar-refractivity contribution in [2.24, 2.45) is 0 Å². The molecule has 2 nitrogen and oxygen atoms in total. The van der Waals surface area contributed by atoms with Crippen molar-refractivity contribution < 1.29 is 29.0 Å². The number of rotatable bonds is 0. The van der Waals surface area contributed by atoms with Crippen molar-refractivity contribution in [3.8, 4) is 11.5 Å². The summed E-state index contributed by atoms with van der Waals surface area (Å²) < 4.78 is 10.1. The Morgan fingerprint density at radius 2 is 2.10 bits per heavy atom. The topological polar surface area (TPSA) is 18.5 Å². The van der Waals surface area contributed by atoms with Crippen LogP contribution in [0.1, 0.15) is 0 Å². The van der Waals surface area contributed by atoms with Crippen LogP contribution in [0.25, 0.3) is 0 Å². The molecular formula is C7H5O2Zn-. The molecule has 0 aliphatic carbocycles. The zero-order valence-electron chi connectivity index (χ0n) is 5.46. The number of fused-ring (bicyclic) bond motifs is 1. The van der Waals surface area contributed by atoms with Crippen LogP contribution in [0.15, 0.2) is 18.2 Å². The Hall–Kier alpha value is -0.557. The number of hydrogen-bond acceptors (Lipinski definition) is 2. The summed E-state index contributed by atoms with van der Waals surface area (Å²) in [7, 11) is 0. The van der Waals surface area contributed by atoms with E-state index in [1.54, 1.807) is 12.1 Å². The summed E-state index contributed by atoms with van der Waals surface area (Å²) in [6, 6.07) is 8.29. The van der Waals surface area contributed by atoms with Crippen LogP contribution in [-0.4, -0.2) is 6.79 Å². The third-order valence-corrected chi connectivity index (χ3v) is 1.22. The smallest absolute Gasteiger partial charge is 0.215 e. The molecule has 2 rings (SSSR count). The number of benzene rings is 1. The van der Waals surface area contributed by atoms with Gasteiger partial charge in [0.15, 0.2) is 0 Å². The fourth-order valence-electron chi connectivity index (χ4n) is 0.789. The molecule has 10 heavy (non-hydrogen) atoms. The van der Waals surface area contributed by atoms with Gasteiger partial charge in [-0.25, -0.2) is 0 Å². The van der Waals surface area contributed by atoms with Crippen molar-refractivity contribution in [1.29, 1.82) is 0 Å². The van der Waals surface area contributed by atoms with Gasteiger partial charge in [0.25, 0.3) is 0 Å². The molecule has 0 amide bonds. The Bertz CT molecular complexity index is 202. The Morgan fingerprint density at radius 3 is 2.90 bits per heavy atom. The molecule has 1 aromatic rings. The standard InChI is InChI=1S/C7H5O2.Zn/c1-2-4-7-6(3-1)8-5-9-7;/h1,3-4H,5H2;/q-1;. The maximum absolute atomic E-state index is 5.06. The average molecular weight is 187 g/mol. The fraction of sp³-hybridized carbons (Fsp3) is 0.143. The van der Waals surface area contributed by atoms with Crippen LogP contribution in [0.2, 0.25) is 0 Å². The molecule has 0 unspecified atom stereocenters. The molecule has 0 fully saturated rings. The molecule has 3 heteroatoms. The molecule has 0 saturated carbocycles. The van der Waals surface area contributed by atoms with Gasteiger partial charge < -0.3 is 9.47 Å². The van der Waals surface area contributed by atoms with Crippen molar-refractivity contribution >= 4 is 0 Å².